The molecule has 1 atom stereocenters. The van der Waals surface area contributed by atoms with E-state index in [1.165, 1.54) is 13.8 Å². The Balaban J connectivity index is 4.78. The van der Waals surface area contributed by atoms with Gasteiger partial charge in [-0.3, -0.25) is 4.79 Å². The van der Waals surface area contributed by atoms with Crippen molar-refractivity contribution in [1.29, 1.82) is 0 Å². The van der Waals surface area contributed by atoms with Crippen LogP contribution in [0, 0.1) is 5.92 Å². The number of alkyl halides is 6. The molecule has 1 unspecified atom stereocenters. The molecular formula is C8H10F6O2. The zero-order valence-corrected chi connectivity index (χ0v) is 8.45. The van der Waals surface area contributed by atoms with E-state index in [0.717, 1.165) is 0 Å². The molecule has 0 saturated heterocycles. The predicted molar refractivity (Wildman–Crippen MR) is 41.4 cm³/mol. The van der Waals surface area contributed by atoms with E-state index < -0.39 is 30.3 Å². The zero-order valence-electron chi connectivity index (χ0n) is 8.45. The van der Waals surface area contributed by atoms with Crippen LogP contribution < -0.4 is 0 Å². The van der Waals surface area contributed by atoms with Gasteiger partial charge in [0.25, 0.3) is 6.10 Å². The van der Waals surface area contributed by atoms with E-state index in [-0.39, 0.29) is 6.42 Å². The minimum Gasteiger partial charge on any atom is -0.443 e. The molecule has 0 saturated carbocycles. The first-order valence-electron chi connectivity index (χ1n) is 4.34. The third kappa shape index (κ3) is 4.28. The fourth-order valence-electron chi connectivity index (χ4n) is 0.718. The van der Waals surface area contributed by atoms with Crippen molar-refractivity contribution in [3.05, 3.63) is 0 Å². The Bertz CT molecular complexity index is 230. The number of hydrogen-bond donors (Lipinski definition) is 0. The summed E-state index contributed by atoms with van der Waals surface area (Å²) in [5.74, 6) is -2.52. The summed E-state index contributed by atoms with van der Waals surface area (Å²) in [5, 5.41) is 0. The molecule has 0 rings (SSSR count). The van der Waals surface area contributed by atoms with E-state index in [1.54, 1.807) is 0 Å². The molecule has 0 fully saturated rings. The van der Waals surface area contributed by atoms with E-state index in [9.17, 15) is 31.1 Å². The maximum absolute atomic E-state index is 11.9. The minimum absolute atomic E-state index is 0.0985. The SMILES string of the molecule is CCC(C)C(=O)OC(C(F)(F)F)C(F)(F)F. The lowest BCUT2D eigenvalue weighted by molar-refractivity contribution is -0.314. The fourth-order valence-corrected chi connectivity index (χ4v) is 0.718. The summed E-state index contributed by atoms with van der Waals surface area (Å²) in [6, 6.07) is 0. The summed E-state index contributed by atoms with van der Waals surface area (Å²) >= 11 is 0. The van der Waals surface area contributed by atoms with E-state index in [2.05, 4.69) is 4.74 Å². The molecule has 16 heavy (non-hydrogen) atoms. The number of halogens is 6. The van der Waals surface area contributed by atoms with Crippen molar-refractivity contribution < 1.29 is 35.9 Å². The number of carbonyl (C=O) groups is 1. The minimum atomic E-state index is -5.65. The van der Waals surface area contributed by atoms with Crippen LogP contribution in [-0.2, 0) is 9.53 Å². The second-order valence-electron chi connectivity index (χ2n) is 3.21. The summed E-state index contributed by atoms with van der Waals surface area (Å²) < 4.78 is 75.1. The summed E-state index contributed by atoms with van der Waals surface area (Å²) in [5.41, 5.74) is 0. The van der Waals surface area contributed by atoms with Gasteiger partial charge in [-0.25, -0.2) is 0 Å². The number of esters is 1. The van der Waals surface area contributed by atoms with Crippen molar-refractivity contribution in [3.63, 3.8) is 0 Å². The zero-order chi connectivity index (χ0) is 13.1. The van der Waals surface area contributed by atoms with Gasteiger partial charge >= 0.3 is 18.3 Å². The van der Waals surface area contributed by atoms with Gasteiger partial charge in [-0.1, -0.05) is 13.8 Å². The topological polar surface area (TPSA) is 26.3 Å². The Morgan fingerprint density at radius 2 is 1.50 bits per heavy atom. The molecule has 0 aromatic rings. The predicted octanol–water partition coefficient (Wildman–Crippen LogP) is 3.07. The van der Waals surface area contributed by atoms with Crippen molar-refractivity contribution in [1.82, 2.24) is 0 Å². The molecule has 0 heterocycles. The fraction of sp³-hybridized carbons (Fsp3) is 0.875. The average molecular weight is 252 g/mol. The van der Waals surface area contributed by atoms with Gasteiger partial charge in [0, 0.05) is 0 Å². The van der Waals surface area contributed by atoms with Crippen LogP contribution in [0.4, 0.5) is 26.3 Å². The summed E-state index contributed by atoms with van der Waals surface area (Å²) in [4.78, 5) is 10.9. The Morgan fingerprint density at radius 3 is 1.75 bits per heavy atom. The van der Waals surface area contributed by atoms with Crippen LogP contribution in [0.15, 0.2) is 0 Å². The molecule has 0 N–H and O–H groups in total. The van der Waals surface area contributed by atoms with Crippen LogP contribution >= 0.6 is 0 Å². The lowest BCUT2D eigenvalue weighted by Gasteiger charge is -2.23. The van der Waals surface area contributed by atoms with Crippen LogP contribution in [0.5, 0.6) is 0 Å². The smallest absolute Gasteiger partial charge is 0.434 e. The van der Waals surface area contributed by atoms with Crippen molar-refractivity contribution >= 4 is 5.97 Å². The van der Waals surface area contributed by atoms with Gasteiger partial charge in [-0.2, -0.15) is 26.3 Å². The average Bonchev–Trinajstić information content (AvgIpc) is 2.08. The summed E-state index contributed by atoms with van der Waals surface area (Å²) in [7, 11) is 0. The van der Waals surface area contributed by atoms with Gasteiger partial charge < -0.3 is 4.74 Å². The first kappa shape index (κ1) is 15.0. The van der Waals surface area contributed by atoms with Crippen LogP contribution in [0.25, 0.3) is 0 Å². The monoisotopic (exact) mass is 252 g/mol. The van der Waals surface area contributed by atoms with E-state index in [1.807, 2.05) is 0 Å². The van der Waals surface area contributed by atoms with Gasteiger partial charge in [0.05, 0.1) is 5.92 Å². The van der Waals surface area contributed by atoms with Crippen molar-refractivity contribution in [2.24, 2.45) is 5.92 Å². The Morgan fingerprint density at radius 1 is 1.12 bits per heavy atom. The largest absolute Gasteiger partial charge is 0.443 e. The summed E-state index contributed by atoms with van der Waals surface area (Å²) in [6.07, 6.45) is -15.3. The second-order valence-corrected chi connectivity index (χ2v) is 3.21. The quantitative estimate of drug-likeness (QED) is 0.570. The van der Waals surface area contributed by atoms with Crippen molar-refractivity contribution in [3.8, 4) is 0 Å². The molecule has 0 aliphatic carbocycles. The maximum Gasteiger partial charge on any atom is 0.434 e. The third-order valence-corrected chi connectivity index (χ3v) is 1.84. The third-order valence-electron chi connectivity index (χ3n) is 1.84. The summed E-state index contributed by atoms with van der Waals surface area (Å²) in [6.45, 7) is 2.63. The molecule has 0 aliphatic rings. The molecule has 0 radical (unpaired) electrons. The van der Waals surface area contributed by atoms with Gasteiger partial charge in [0.2, 0.25) is 0 Å². The number of ether oxygens (including phenoxy) is 1. The Labute approximate surface area is 87.6 Å². The van der Waals surface area contributed by atoms with E-state index in [0.29, 0.717) is 0 Å². The molecule has 0 spiro atoms. The first-order chi connectivity index (χ1) is 7.00. The van der Waals surface area contributed by atoms with Gasteiger partial charge in [-0.15, -0.1) is 0 Å². The van der Waals surface area contributed by atoms with E-state index >= 15 is 0 Å². The molecule has 8 heteroatoms. The van der Waals surface area contributed by atoms with Crippen LogP contribution in [0.2, 0.25) is 0 Å². The first-order valence-corrected chi connectivity index (χ1v) is 4.34. The highest BCUT2D eigenvalue weighted by Gasteiger charge is 2.60. The number of hydrogen-bond acceptors (Lipinski definition) is 2. The van der Waals surface area contributed by atoms with Gasteiger partial charge in [0.1, 0.15) is 0 Å². The van der Waals surface area contributed by atoms with Gasteiger partial charge in [-0.05, 0) is 6.42 Å². The number of carbonyl (C=O) groups excluding carboxylic acids is 1. The molecule has 0 bridgehead atoms. The molecule has 2 nitrogen and oxygen atoms in total. The van der Waals surface area contributed by atoms with Crippen molar-refractivity contribution in [2.45, 2.75) is 38.7 Å². The van der Waals surface area contributed by atoms with Gasteiger partial charge in [0.15, 0.2) is 0 Å². The lowest BCUT2D eigenvalue weighted by atomic mass is 10.1. The highest BCUT2D eigenvalue weighted by atomic mass is 19.4. The Hall–Kier alpha value is -0.950. The Kier molecular flexibility index (Phi) is 4.63. The normalized spacial score (nSPS) is 15.1. The van der Waals surface area contributed by atoms with Crippen LogP contribution in [-0.4, -0.2) is 24.4 Å². The molecular weight excluding hydrogens is 242 g/mol. The highest BCUT2D eigenvalue weighted by Crippen LogP contribution is 2.36. The molecule has 0 amide bonds. The molecule has 0 aliphatic heterocycles. The van der Waals surface area contributed by atoms with Crippen molar-refractivity contribution in [2.75, 3.05) is 0 Å². The second kappa shape index (κ2) is 4.92. The maximum atomic E-state index is 11.9. The highest BCUT2D eigenvalue weighted by molar-refractivity contribution is 5.72. The standard InChI is InChI=1S/C8H10F6O2/c1-3-4(2)5(15)16-6(7(9,10)11)8(12,13)14/h4,6H,3H2,1-2H3. The lowest BCUT2D eigenvalue weighted by Crippen LogP contribution is -2.46. The van der Waals surface area contributed by atoms with Crippen LogP contribution in [0.3, 0.4) is 0 Å². The molecule has 96 valence electrons. The number of rotatable bonds is 3. The van der Waals surface area contributed by atoms with E-state index in [4.69, 9.17) is 0 Å². The molecule has 0 aromatic heterocycles. The molecule has 0 aromatic carbocycles. The van der Waals surface area contributed by atoms with Crippen LogP contribution in [0.1, 0.15) is 20.3 Å².